The number of furan rings is 1. The molecule has 0 aliphatic carbocycles. The Hall–Kier alpha value is -2.04. The van der Waals surface area contributed by atoms with E-state index in [1.54, 1.807) is 11.9 Å². The standard InChI is InChI=1S/C15H21N3O2/c1-10-6-7-13(20-10)9-17(4)15(19)8-14-11(2)16-18(5)12(14)3/h6-7H,8-9H2,1-5H3. The van der Waals surface area contributed by atoms with Crippen LogP contribution < -0.4 is 0 Å². The van der Waals surface area contributed by atoms with Crippen molar-refractivity contribution >= 4 is 5.91 Å². The maximum atomic E-state index is 12.3. The van der Waals surface area contributed by atoms with E-state index in [-0.39, 0.29) is 5.91 Å². The Morgan fingerprint density at radius 3 is 2.55 bits per heavy atom. The molecule has 2 heterocycles. The molecule has 0 N–H and O–H groups in total. The summed E-state index contributed by atoms with van der Waals surface area (Å²) in [5.74, 6) is 1.73. The number of amides is 1. The number of hydrogen-bond acceptors (Lipinski definition) is 3. The molecule has 0 atom stereocenters. The summed E-state index contributed by atoms with van der Waals surface area (Å²) in [5, 5.41) is 4.34. The number of aryl methyl sites for hydroxylation is 3. The summed E-state index contributed by atoms with van der Waals surface area (Å²) in [6, 6.07) is 3.81. The minimum atomic E-state index is 0.0678. The van der Waals surface area contributed by atoms with Crippen LogP contribution in [0.25, 0.3) is 0 Å². The fourth-order valence-electron chi connectivity index (χ4n) is 2.25. The van der Waals surface area contributed by atoms with E-state index in [0.717, 1.165) is 28.5 Å². The summed E-state index contributed by atoms with van der Waals surface area (Å²) in [4.78, 5) is 14.0. The van der Waals surface area contributed by atoms with Crippen molar-refractivity contribution in [2.75, 3.05) is 7.05 Å². The van der Waals surface area contributed by atoms with Crippen LogP contribution in [0.5, 0.6) is 0 Å². The SMILES string of the molecule is Cc1ccc(CN(C)C(=O)Cc2c(C)nn(C)c2C)o1. The molecule has 2 rings (SSSR count). The number of rotatable bonds is 4. The molecule has 0 aliphatic rings. The highest BCUT2D eigenvalue weighted by molar-refractivity contribution is 5.79. The Kier molecular flexibility index (Phi) is 3.97. The quantitative estimate of drug-likeness (QED) is 0.859. The van der Waals surface area contributed by atoms with Gasteiger partial charge in [-0.05, 0) is 32.9 Å². The number of aromatic nitrogens is 2. The van der Waals surface area contributed by atoms with Crippen LogP contribution in [-0.4, -0.2) is 27.6 Å². The van der Waals surface area contributed by atoms with Gasteiger partial charge in [-0.2, -0.15) is 5.10 Å². The maximum Gasteiger partial charge on any atom is 0.227 e. The summed E-state index contributed by atoms with van der Waals surface area (Å²) >= 11 is 0. The molecule has 0 radical (unpaired) electrons. The van der Waals surface area contributed by atoms with E-state index in [0.29, 0.717) is 13.0 Å². The highest BCUT2D eigenvalue weighted by atomic mass is 16.3. The average Bonchev–Trinajstić information content (AvgIpc) is 2.88. The predicted octanol–water partition coefficient (Wildman–Crippen LogP) is 2.14. The van der Waals surface area contributed by atoms with Gasteiger partial charge in [-0.1, -0.05) is 0 Å². The van der Waals surface area contributed by atoms with Crippen LogP contribution in [0.4, 0.5) is 0 Å². The van der Waals surface area contributed by atoms with Crippen molar-refractivity contribution in [1.29, 1.82) is 0 Å². The van der Waals surface area contributed by atoms with Gasteiger partial charge in [0.25, 0.3) is 0 Å². The molecule has 2 aromatic heterocycles. The molecule has 0 spiro atoms. The zero-order chi connectivity index (χ0) is 14.9. The molecule has 108 valence electrons. The molecule has 0 aromatic carbocycles. The normalized spacial score (nSPS) is 10.8. The Balaban J connectivity index is 2.04. The van der Waals surface area contributed by atoms with Gasteiger partial charge in [0.1, 0.15) is 11.5 Å². The largest absolute Gasteiger partial charge is 0.464 e. The predicted molar refractivity (Wildman–Crippen MR) is 76.3 cm³/mol. The maximum absolute atomic E-state index is 12.3. The first-order valence-electron chi connectivity index (χ1n) is 6.67. The van der Waals surface area contributed by atoms with Crippen LogP contribution in [-0.2, 0) is 24.8 Å². The van der Waals surface area contributed by atoms with Crippen LogP contribution in [0.1, 0.15) is 28.5 Å². The zero-order valence-electron chi connectivity index (χ0n) is 12.7. The van der Waals surface area contributed by atoms with Gasteiger partial charge >= 0.3 is 0 Å². The lowest BCUT2D eigenvalue weighted by Gasteiger charge is -2.15. The van der Waals surface area contributed by atoms with Gasteiger partial charge < -0.3 is 9.32 Å². The van der Waals surface area contributed by atoms with E-state index < -0.39 is 0 Å². The van der Waals surface area contributed by atoms with E-state index >= 15 is 0 Å². The van der Waals surface area contributed by atoms with Gasteiger partial charge in [0.15, 0.2) is 0 Å². The number of hydrogen-bond donors (Lipinski definition) is 0. The topological polar surface area (TPSA) is 51.3 Å². The molecule has 20 heavy (non-hydrogen) atoms. The summed E-state index contributed by atoms with van der Waals surface area (Å²) < 4.78 is 7.31. The van der Waals surface area contributed by atoms with E-state index in [1.165, 1.54) is 0 Å². The molecular weight excluding hydrogens is 254 g/mol. The van der Waals surface area contributed by atoms with Crippen LogP contribution >= 0.6 is 0 Å². The fraction of sp³-hybridized carbons (Fsp3) is 0.467. The monoisotopic (exact) mass is 275 g/mol. The van der Waals surface area contributed by atoms with Gasteiger partial charge in [-0.3, -0.25) is 9.48 Å². The third-order valence-electron chi connectivity index (χ3n) is 3.60. The molecule has 5 nitrogen and oxygen atoms in total. The third kappa shape index (κ3) is 2.92. The van der Waals surface area contributed by atoms with Crippen molar-refractivity contribution in [2.24, 2.45) is 7.05 Å². The molecule has 0 saturated carbocycles. The smallest absolute Gasteiger partial charge is 0.227 e. The molecule has 0 bridgehead atoms. The van der Waals surface area contributed by atoms with Gasteiger partial charge in [0.2, 0.25) is 5.91 Å². The minimum absolute atomic E-state index is 0.0678. The van der Waals surface area contributed by atoms with E-state index in [4.69, 9.17) is 4.42 Å². The number of carbonyl (C=O) groups is 1. The van der Waals surface area contributed by atoms with Crippen molar-refractivity contribution in [3.05, 3.63) is 40.6 Å². The average molecular weight is 275 g/mol. The molecule has 0 saturated heterocycles. The first-order valence-corrected chi connectivity index (χ1v) is 6.67. The molecular formula is C15H21N3O2. The molecule has 0 unspecified atom stereocenters. The minimum Gasteiger partial charge on any atom is -0.464 e. The summed E-state index contributed by atoms with van der Waals surface area (Å²) in [7, 11) is 3.69. The summed E-state index contributed by atoms with van der Waals surface area (Å²) in [6.07, 6.45) is 0.377. The van der Waals surface area contributed by atoms with Crippen LogP contribution in [0.2, 0.25) is 0 Å². The lowest BCUT2D eigenvalue weighted by atomic mass is 10.1. The molecule has 5 heteroatoms. The molecule has 1 amide bonds. The zero-order valence-corrected chi connectivity index (χ0v) is 12.7. The molecule has 0 fully saturated rings. The second kappa shape index (κ2) is 5.53. The molecule has 0 aliphatic heterocycles. The second-order valence-corrected chi connectivity index (χ2v) is 5.21. The van der Waals surface area contributed by atoms with Crippen LogP contribution in [0, 0.1) is 20.8 Å². The van der Waals surface area contributed by atoms with E-state index in [1.807, 2.05) is 44.6 Å². The van der Waals surface area contributed by atoms with Crippen molar-refractivity contribution in [2.45, 2.75) is 33.7 Å². The van der Waals surface area contributed by atoms with Crippen molar-refractivity contribution in [3.63, 3.8) is 0 Å². The van der Waals surface area contributed by atoms with Crippen molar-refractivity contribution in [1.82, 2.24) is 14.7 Å². The first kappa shape index (κ1) is 14.4. The van der Waals surface area contributed by atoms with Gasteiger partial charge in [0, 0.05) is 25.4 Å². The number of carbonyl (C=O) groups excluding carboxylic acids is 1. The third-order valence-corrected chi connectivity index (χ3v) is 3.60. The van der Waals surface area contributed by atoms with Crippen molar-refractivity contribution < 1.29 is 9.21 Å². The highest BCUT2D eigenvalue weighted by Crippen LogP contribution is 2.15. The van der Waals surface area contributed by atoms with Gasteiger partial charge in [-0.15, -0.1) is 0 Å². The van der Waals surface area contributed by atoms with E-state index in [2.05, 4.69) is 5.10 Å². The Morgan fingerprint density at radius 1 is 1.35 bits per heavy atom. The van der Waals surface area contributed by atoms with Crippen molar-refractivity contribution in [3.8, 4) is 0 Å². The number of nitrogens with zero attached hydrogens (tertiary/aromatic N) is 3. The van der Waals surface area contributed by atoms with Gasteiger partial charge in [0.05, 0.1) is 18.7 Å². The van der Waals surface area contributed by atoms with Crippen LogP contribution in [0.15, 0.2) is 16.5 Å². The second-order valence-electron chi connectivity index (χ2n) is 5.21. The highest BCUT2D eigenvalue weighted by Gasteiger charge is 2.17. The first-order chi connectivity index (χ1) is 9.38. The lowest BCUT2D eigenvalue weighted by Crippen LogP contribution is -2.27. The van der Waals surface area contributed by atoms with E-state index in [9.17, 15) is 4.79 Å². The Labute approximate surface area is 119 Å². The Bertz CT molecular complexity index is 625. The fourth-order valence-corrected chi connectivity index (χ4v) is 2.25. The van der Waals surface area contributed by atoms with Gasteiger partial charge in [-0.25, -0.2) is 0 Å². The molecule has 2 aromatic rings. The summed E-state index contributed by atoms with van der Waals surface area (Å²) in [6.45, 7) is 6.31. The Morgan fingerprint density at radius 2 is 2.05 bits per heavy atom. The number of likely N-dealkylation sites (N-methyl/N-ethyl adjacent to an activating group) is 1. The lowest BCUT2D eigenvalue weighted by molar-refractivity contribution is -0.129. The van der Waals surface area contributed by atoms with Crippen LogP contribution in [0.3, 0.4) is 0 Å². The summed E-state index contributed by atoms with van der Waals surface area (Å²) in [5.41, 5.74) is 2.97.